The zero-order valence-electron chi connectivity index (χ0n) is 18.3. The smallest absolute Gasteiger partial charge is 0.274 e. The highest BCUT2D eigenvalue weighted by atomic mass is 16.5. The third-order valence-corrected chi connectivity index (χ3v) is 6.37. The van der Waals surface area contributed by atoms with Gasteiger partial charge in [-0.15, -0.1) is 0 Å². The highest BCUT2D eigenvalue weighted by molar-refractivity contribution is 5.93. The molecule has 1 aromatic carbocycles. The Balaban J connectivity index is 1.23. The van der Waals surface area contributed by atoms with Gasteiger partial charge in [0.2, 0.25) is 0 Å². The van der Waals surface area contributed by atoms with E-state index in [2.05, 4.69) is 37.8 Å². The van der Waals surface area contributed by atoms with E-state index in [1.54, 1.807) is 23.9 Å². The van der Waals surface area contributed by atoms with Gasteiger partial charge in [0.15, 0.2) is 0 Å². The number of fused-ring (bicyclic) bond motifs is 1. The fourth-order valence-corrected chi connectivity index (χ4v) is 4.56. The number of hydrogen-bond donors (Lipinski definition) is 2. The second kappa shape index (κ2) is 9.48. The molecule has 0 bridgehead atoms. The summed E-state index contributed by atoms with van der Waals surface area (Å²) in [6.45, 7) is 3.68. The predicted molar refractivity (Wildman–Crippen MR) is 124 cm³/mol. The van der Waals surface area contributed by atoms with Crippen LogP contribution in [0, 0.1) is 0 Å². The number of nitrogens with zero attached hydrogens (tertiary/aromatic N) is 5. The van der Waals surface area contributed by atoms with Gasteiger partial charge in [0.1, 0.15) is 12.0 Å². The minimum absolute atomic E-state index is 0.421. The molecule has 8 heteroatoms. The Labute approximate surface area is 191 Å². The first-order valence-electron chi connectivity index (χ1n) is 11.1. The van der Waals surface area contributed by atoms with Crippen LogP contribution in [-0.2, 0) is 13.1 Å². The van der Waals surface area contributed by atoms with Crippen LogP contribution in [0.3, 0.4) is 0 Å². The highest BCUT2D eigenvalue weighted by Crippen LogP contribution is 2.30. The molecule has 0 spiro atoms. The number of carbonyl (C=O) groups excluding carboxylic acids is 1. The number of hydrogen-bond acceptors (Lipinski definition) is 6. The zero-order valence-corrected chi connectivity index (χ0v) is 18.3. The van der Waals surface area contributed by atoms with Crippen molar-refractivity contribution in [3.63, 3.8) is 0 Å². The third-order valence-electron chi connectivity index (χ3n) is 6.37. The molecule has 8 nitrogen and oxygen atoms in total. The third kappa shape index (κ3) is 4.76. The van der Waals surface area contributed by atoms with Crippen molar-refractivity contribution in [1.82, 2.24) is 29.9 Å². The molecule has 0 atom stereocenters. The van der Waals surface area contributed by atoms with Gasteiger partial charge in [0.05, 0.1) is 0 Å². The van der Waals surface area contributed by atoms with Crippen molar-refractivity contribution >= 4 is 16.9 Å². The highest BCUT2D eigenvalue weighted by Gasteiger charge is 2.21. The van der Waals surface area contributed by atoms with Crippen LogP contribution in [0.5, 0.6) is 0 Å². The van der Waals surface area contributed by atoms with Crippen LogP contribution in [0.1, 0.15) is 45.8 Å². The first-order chi connectivity index (χ1) is 16.2. The summed E-state index contributed by atoms with van der Waals surface area (Å²) in [4.78, 5) is 27.0. The molecular weight excluding hydrogens is 416 g/mol. The SMILES string of the molecule is O=C(NO)c1ccc(Cn2ccc3cc(C4CCN(Cc5cncnc5)CC4)cnc32)cc1. The zero-order chi connectivity index (χ0) is 22.6. The van der Waals surface area contributed by atoms with Crippen LogP contribution in [0.2, 0.25) is 0 Å². The average molecular weight is 443 g/mol. The predicted octanol–water partition coefficient (Wildman–Crippen LogP) is 3.37. The molecule has 1 amide bonds. The fourth-order valence-electron chi connectivity index (χ4n) is 4.56. The van der Waals surface area contributed by atoms with Crippen molar-refractivity contribution in [2.45, 2.75) is 31.8 Å². The molecule has 4 heterocycles. The number of hydroxylamine groups is 1. The Bertz CT molecular complexity index is 1230. The molecule has 5 rings (SSSR count). The quantitative estimate of drug-likeness (QED) is 0.351. The molecule has 168 valence electrons. The van der Waals surface area contributed by atoms with Gasteiger partial charge >= 0.3 is 0 Å². The van der Waals surface area contributed by atoms with Crippen molar-refractivity contribution in [2.24, 2.45) is 0 Å². The standard InChI is InChI=1S/C25H26N6O2/c32-25(29-33)21-3-1-18(2-4-21)16-31-10-7-22-11-23(14-28-24(22)31)20-5-8-30(9-6-20)15-19-12-26-17-27-13-19/h1-4,7,10-14,17,20,33H,5-6,8-9,15-16H2,(H,29,32). The Morgan fingerprint density at radius 1 is 1.00 bits per heavy atom. The second-order valence-electron chi connectivity index (χ2n) is 8.56. The maximum atomic E-state index is 11.5. The average Bonchev–Trinajstić information content (AvgIpc) is 3.27. The topological polar surface area (TPSA) is 96.2 Å². The van der Waals surface area contributed by atoms with E-state index in [-0.39, 0.29) is 0 Å². The maximum absolute atomic E-state index is 11.5. The van der Waals surface area contributed by atoms with E-state index < -0.39 is 5.91 Å². The number of amides is 1. The molecular formula is C25H26N6O2. The van der Waals surface area contributed by atoms with Gasteiger partial charge in [-0.25, -0.2) is 20.4 Å². The van der Waals surface area contributed by atoms with Crippen molar-refractivity contribution in [1.29, 1.82) is 0 Å². The first-order valence-corrected chi connectivity index (χ1v) is 11.1. The molecule has 33 heavy (non-hydrogen) atoms. The summed E-state index contributed by atoms with van der Waals surface area (Å²) < 4.78 is 2.12. The van der Waals surface area contributed by atoms with Gasteiger partial charge in [-0.1, -0.05) is 12.1 Å². The Morgan fingerprint density at radius 3 is 2.48 bits per heavy atom. The van der Waals surface area contributed by atoms with Crippen molar-refractivity contribution < 1.29 is 10.0 Å². The van der Waals surface area contributed by atoms with Crippen LogP contribution in [0.15, 0.2) is 67.5 Å². The molecule has 2 N–H and O–H groups in total. The molecule has 3 aromatic heterocycles. The summed E-state index contributed by atoms with van der Waals surface area (Å²) in [5, 5.41) is 9.90. The number of rotatable bonds is 6. The summed E-state index contributed by atoms with van der Waals surface area (Å²) in [7, 11) is 0. The molecule has 0 aliphatic carbocycles. The summed E-state index contributed by atoms with van der Waals surface area (Å²) in [6, 6.07) is 11.6. The van der Waals surface area contributed by atoms with E-state index in [9.17, 15) is 4.79 Å². The molecule has 4 aromatic rings. The van der Waals surface area contributed by atoms with Crippen molar-refractivity contribution in [3.8, 4) is 0 Å². The van der Waals surface area contributed by atoms with Gasteiger partial charge in [0.25, 0.3) is 5.91 Å². The van der Waals surface area contributed by atoms with Crippen LogP contribution in [0.25, 0.3) is 11.0 Å². The van der Waals surface area contributed by atoms with Gasteiger partial charge < -0.3 is 4.57 Å². The first kappa shape index (κ1) is 21.2. The summed E-state index contributed by atoms with van der Waals surface area (Å²) in [5.74, 6) is 0.0146. The van der Waals surface area contributed by atoms with Crippen LogP contribution < -0.4 is 5.48 Å². The van der Waals surface area contributed by atoms with Gasteiger partial charge in [0, 0.05) is 54.4 Å². The van der Waals surface area contributed by atoms with E-state index in [1.165, 1.54) is 5.56 Å². The molecule has 0 radical (unpaired) electrons. The second-order valence-corrected chi connectivity index (χ2v) is 8.56. The number of aromatic nitrogens is 4. The van der Waals surface area contributed by atoms with Crippen molar-refractivity contribution in [3.05, 3.63) is 89.8 Å². The Morgan fingerprint density at radius 2 is 1.76 bits per heavy atom. The molecule has 0 saturated carbocycles. The largest absolute Gasteiger partial charge is 0.328 e. The van der Waals surface area contributed by atoms with Crippen LogP contribution in [-0.4, -0.2) is 48.6 Å². The molecule has 1 saturated heterocycles. The van der Waals surface area contributed by atoms with E-state index >= 15 is 0 Å². The van der Waals surface area contributed by atoms with E-state index in [1.807, 2.05) is 30.7 Å². The normalized spacial score (nSPS) is 15.1. The molecule has 1 aliphatic heterocycles. The van der Waals surface area contributed by atoms with E-state index in [4.69, 9.17) is 10.2 Å². The number of benzene rings is 1. The number of likely N-dealkylation sites (tertiary alicyclic amines) is 1. The van der Waals surface area contributed by atoms with Gasteiger partial charge in [-0.05, 0) is 67.2 Å². The number of pyridine rings is 1. The lowest BCUT2D eigenvalue weighted by atomic mass is 9.90. The van der Waals surface area contributed by atoms with Gasteiger partial charge in [-0.3, -0.25) is 14.9 Å². The maximum Gasteiger partial charge on any atom is 0.274 e. The van der Waals surface area contributed by atoms with Crippen LogP contribution >= 0.6 is 0 Å². The van der Waals surface area contributed by atoms with Crippen molar-refractivity contribution in [2.75, 3.05) is 13.1 Å². The number of piperidine rings is 1. The molecule has 1 fully saturated rings. The summed E-state index contributed by atoms with van der Waals surface area (Å²) >= 11 is 0. The number of nitrogens with one attached hydrogen (secondary N) is 1. The fraction of sp³-hybridized carbons (Fsp3) is 0.280. The lowest BCUT2D eigenvalue weighted by Gasteiger charge is -2.32. The molecule has 0 unspecified atom stereocenters. The lowest BCUT2D eigenvalue weighted by Crippen LogP contribution is -2.32. The minimum atomic E-state index is -0.512. The summed E-state index contributed by atoms with van der Waals surface area (Å²) in [5.41, 5.74) is 6.56. The Hall–Kier alpha value is -3.62. The number of carbonyl (C=O) groups is 1. The van der Waals surface area contributed by atoms with E-state index in [0.717, 1.165) is 54.6 Å². The summed E-state index contributed by atoms with van der Waals surface area (Å²) in [6.07, 6.45) is 11.7. The minimum Gasteiger partial charge on any atom is -0.328 e. The Kier molecular flexibility index (Phi) is 6.10. The monoisotopic (exact) mass is 442 g/mol. The van der Waals surface area contributed by atoms with E-state index in [0.29, 0.717) is 18.0 Å². The van der Waals surface area contributed by atoms with Crippen LogP contribution in [0.4, 0.5) is 0 Å². The lowest BCUT2D eigenvalue weighted by molar-refractivity contribution is 0.0706. The van der Waals surface area contributed by atoms with Gasteiger partial charge in [-0.2, -0.15) is 0 Å². The molecule has 1 aliphatic rings.